The van der Waals surface area contributed by atoms with Crippen LogP contribution in [0.15, 0.2) is 30.3 Å². The Morgan fingerprint density at radius 1 is 1.16 bits per heavy atom. The number of carbonyl (C=O) groups excluding carboxylic acids is 1. The largest absolute Gasteiger partial charge is 0.462 e. The summed E-state index contributed by atoms with van der Waals surface area (Å²) in [7, 11) is -1.75. The maximum atomic E-state index is 12.2. The van der Waals surface area contributed by atoms with E-state index in [4.69, 9.17) is 9.16 Å². The lowest BCUT2D eigenvalue weighted by Gasteiger charge is -2.40. The molecule has 3 rings (SSSR count). The molecule has 1 aromatic rings. The van der Waals surface area contributed by atoms with Crippen molar-refractivity contribution in [2.75, 3.05) is 6.61 Å². The molecule has 3 nitrogen and oxygen atoms in total. The molecule has 0 aromatic heterocycles. The van der Waals surface area contributed by atoms with Crippen molar-refractivity contribution < 1.29 is 14.0 Å². The third kappa shape index (κ3) is 3.70. The molecule has 2 fully saturated rings. The maximum absolute atomic E-state index is 12.2. The number of hydrogen-bond acceptors (Lipinski definition) is 3. The number of carbonyl (C=O) groups is 1. The van der Waals surface area contributed by atoms with E-state index < -0.39 is 8.32 Å². The Bertz CT molecular complexity index is 614. The van der Waals surface area contributed by atoms with E-state index in [0.29, 0.717) is 24.2 Å². The van der Waals surface area contributed by atoms with Gasteiger partial charge in [-0.25, -0.2) is 4.79 Å². The predicted octanol–water partition coefficient (Wildman–Crippen LogP) is 5.42. The Morgan fingerprint density at radius 3 is 2.36 bits per heavy atom. The van der Waals surface area contributed by atoms with Gasteiger partial charge in [-0.05, 0) is 55.9 Å². The maximum Gasteiger partial charge on any atom is 0.338 e. The number of ether oxygens (including phenoxy) is 1. The van der Waals surface area contributed by atoms with Crippen molar-refractivity contribution >= 4 is 14.3 Å². The van der Waals surface area contributed by atoms with E-state index in [-0.39, 0.29) is 16.4 Å². The van der Waals surface area contributed by atoms with Crippen molar-refractivity contribution in [3.63, 3.8) is 0 Å². The summed E-state index contributed by atoms with van der Waals surface area (Å²) in [5.74, 6) is 0.250. The zero-order valence-electron chi connectivity index (χ0n) is 16.3. The minimum Gasteiger partial charge on any atom is -0.462 e. The van der Waals surface area contributed by atoms with Crippen molar-refractivity contribution in [2.24, 2.45) is 11.3 Å². The Kier molecular flexibility index (Phi) is 4.88. The first-order chi connectivity index (χ1) is 11.7. The van der Waals surface area contributed by atoms with Crippen LogP contribution in [-0.2, 0) is 9.16 Å². The van der Waals surface area contributed by atoms with Gasteiger partial charge in [-0.2, -0.15) is 0 Å². The molecule has 25 heavy (non-hydrogen) atoms. The summed E-state index contributed by atoms with van der Waals surface area (Å²) in [6.45, 7) is 12.1. The van der Waals surface area contributed by atoms with Crippen LogP contribution in [0.5, 0.6) is 0 Å². The fourth-order valence-corrected chi connectivity index (χ4v) is 5.27. The molecule has 2 aliphatic rings. The quantitative estimate of drug-likeness (QED) is 0.519. The molecule has 4 heteroatoms. The van der Waals surface area contributed by atoms with Crippen LogP contribution < -0.4 is 0 Å². The molecule has 0 amide bonds. The highest BCUT2D eigenvalue weighted by Crippen LogP contribution is 2.63. The Balaban J connectivity index is 1.60. The molecule has 2 aliphatic carbocycles. The van der Waals surface area contributed by atoms with E-state index in [0.717, 1.165) is 12.8 Å². The molecule has 2 atom stereocenters. The van der Waals surface area contributed by atoms with E-state index in [1.165, 1.54) is 12.8 Å². The predicted molar refractivity (Wildman–Crippen MR) is 103 cm³/mol. The van der Waals surface area contributed by atoms with Gasteiger partial charge in [0.15, 0.2) is 8.32 Å². The summed E-state index contributed by atoms with van der Waals surface area (Å²) in [6.07, 6.45) is 5.02. The highest BCUT2D eigenvalue weighted by molar-refractivity contribution is 6.74. The van der Waals surface area contributed by atoms with Gasteiger partial charge in [0.25, 0.3) is 0 Å². The van der Waals surface area contributed by atoms with E-state index in [1.807, 2.05) is 30.3 Å². The molecular weight excluding hydrogens is 328 g/mol. The van der Waals surface area contributed by atoms with Crippen molar-refractivity contribution in [3.8, 4) is 0 Å². The van der Waals surface area contributed by atoms with Gasteiger partial charge in [0.2, 0.25) is 0 Å². The molecule has 0 aliphatic heterocycles. The highest BCUT2D eigenvalue weighted by atomic mass is 28.4. The number of hydrogen-bond donors (Lipinski definition) is 0. The number of benzene rings is 1. The standard InChI is InChI=1S/C21H32O3Si/c1-20(2,3)25(4,5)24-18-12-11-17(21(18)13-14-21)15-23-19(22)16-9-7-6-8-10-16/h6-10,17-18H,11-15H2,1-5H3. The van der Waals surface area contributed by atoms with Gasteiger partial charge in [-0.3, -0.25) is 0 Å². The smallest absolute Gasteiger partial charge is 0.338 e. The molecule has 0 bridgehead atoms. The third-order valence-electron chi connectivity index (χ3n) is 6.73. The minimum absolute atomic E-state index is 0.204. The van der Waals surface area contributed by atoms with E-state index >= 15 is 0 Å². The number of rotatable bonds is 5. The van der Waals surface area contributed by atoms with Crippen LogP contribution >= 0.6 is 0 Å². The second-order valence-corrected chi connectivity index (χ2v) is 14.1. The first kappa shape index (κ1) is 18.7. The van der Waals surface area contributed by atoms with Crippen molar-refractivity contribution in [1.29, 1.82) is 0 Å². The summed E-state index contributed by atoms with van der Waals surface area (Å²) >= 11 is 0. The number of esters is 1. The minimum atomic E-state index is -1.75. The van der Waals surface area contributed by atoms with Gasteiger partial charge >= 0.3 is 5.97 Å². The molecule has 2 unspecified atom stereocenters. The van der Waals surface area contributed by atoms with Gasteiger partial charge in [0.05, 0.1) is 18.3 Å². The zero-order chi connectivity index (χ0) is 18.3. The molecule has 2 saturated carbocycles. The van der Waals surface area contributed by atoms with Crippen LogP contribution in [0.1, 0.15) is 56.8 Å². The van der Waals surface area contributed by atoms with E-state index in [9.17, 15) is 4.79 Å². The van der Waals surface area contributed by atoms with Crippen LogP contribution in [0.25, 0.3) is 0 Å². The Morgan fingerprint density at radius 2 is 1.80 bits per heavy atom. The fraction of sp³-hybridized carbons (Fsp3) is 0.667. The summed E-state index contributed by atoms with van der Waals surface area (Å²) in [5, 5.41) is 0.237. The molecule has 138 valence electrons. The third-order valence-corrected chi connectivity index (χ3v) is 11.2. The summed E-state index contributed by atoms with van der Waals surface area (Å²) in [4.78, 5) is 12.2. The summed E-state index contributed by atoms with van der Waals surface area (Å²) in [5.41, 5.74) is 0.909. The first-order valence-corrected chi connectivity index (χ1v) is 12.5. The summed E-state index contributed by atoms with van der Waals surface area (Å²) in [6, 6.07) is 9.28. The van der Waals surface area contributed by atoms with Crippen LogP contribution in [0.2, 0.25) is 18.1 Å². The van der Waals surface area contributed by atoms with Crippen LogP contribution in [0, 0.1) is 11.3 Å². The second kappa shape index (κ2) is 6.55. The molecule has 1 spiro atoms. The first-order valence-electron chi connectivity index (χ1n) is 9.56. The monoisotopic (exact) mass is 360 g/mol. The Hall–Kier alpha value is -1.13. The van der Waals surface area contributed by atoms with Gasteiger partial charge in [0, 0.05) is 11.3 Å². The SMILES string of the molecule is CC(C)(C)[Si](C)(C)OC1CCC(COC(=O)c2ccccc2)C12CC2. The highest BCUT2D eigenvalue weighted by Gasteiger charge is 2.60. The normalized spacial score (nSPS) is 25.2. The van der Waals surface area contributed by atoms with Gasteiger partial charge in [-0.1, -0.05) is 39.0 Å². The molecule has 0 saturated heterocycles. The van der Waals surface area contributed by atoms with Gasteiger partial charge in [-0.15, -0.1) is 0 Å². The van der Waals surface area contributed by atoms with Gasteiger partial charge in [0.1, 0.15) is 0 Å². The van der Waals surface area contributed by atoms with Crippen LogP contribution in [-0.4, -0.2) is 27.0 Å². The topological polar surface area (TPSA) is 35.5 Å². The summed E-state index contributed by atoms with van der Waals surface area (Å²) < 4.78 is 12.4. The average Bonchev–Trinajstić information content (AvgIpc) is 3.27. The van der Waals surface area contributed by atoms with Crippen LogP contribution in [0.3, 0.4) is 0 Å². The lowest BCUT2D eigenvalue weighted by Crippen LogP contribution is -2.45. The van der Waals surface area contributed by atoms with E-state index in [2.05, 4.69) is 33.9 Å². The molecular formula is C21H32O3Si. The zero-order valence-corrected chi connectivity index (χ0v) is 17.3. The molecule has 0 heterocycles. The van der Waals surface area contributed by atoms with Crippen molar-refractivity contribution in [2.45, 2.75) is 70.7 Å². The molecule has 1 aromatic carbocycles. The lowest BCUT2D eigenvalue weighted by atomic mass is 9.92. The van der Waals surface area contributed by atoms with Crippen molar-refractivity contribution in [3.05, 3.63) is 35.9 Å². The Labute approximate surface area is 153 Å². The molecule has 0 radical (unpaired) electrons. The van der Waals surface area contributed by atoms with Crippen molar-refractivity contribution in [1.82, 2.24) is 0 Å². The van der Waals surface area contributed by atoms with Crippen LogP contribution in [0.4, 0.5) is 0 Å². The second-order valence-electron chi connectivity index (χ2n) is 9.34. The average molecular weight is 361 g/mol. The van der Waals surface area contributed by atoms with E-state index in [1.54, 1.807) is 0 Å². The fourth-order valence-electron chi connectivity index (χ4n) is 3.86. The molecule has 0 N–H and O–H groups in total. The van der Waals surface area contributed by atoms with Gasteiger partial charge < -0.3 is 9.16 Å². The lowest BCUT2D eigenvalue weighted by molar-refractivity contribution is 0.0328.